The first-order valence-corrected chi connectivity index (χ1v) is 12.3. The number of hydrogen-bond acceptors (Lipinski definition) is 7. The molecule has 0 aliphatic carbocycles. The molecule has 158 valence electrons. The number of halogens is 1. The van der Waals surface area contributed by atoms with Crippen LogP contribution < -0.4 is 10.0 Å². The smallest absolute Gasteiger partial charge is 0.264 e. The zero-order valence-electron chi connectivity index (χ0n) is 16.3. The van der Waals surface area contributed by atoms with Crippen LogP contribution in [0.3, 0.4) is 0 Å². The minimum atomic E-state index is -3.82. The van der Waals surface area contributed by atoms with Crippen LogP contribution in [0.5, 0.6) is 0 Å². The third-order valence-electron chi connectivity index (χ3n) is 4.02. The fourth-order valence-corrected chi connectivity index (χ4v) is 5.92. The topological polar surface area (TPSA) is 101 Å². The lowest BCUT2D eigenvalue weighted by molar-refractivity contribution is -0.114. The molecule has 3 rings (SSSR count). The van der Waals surface area contributed by atoms with Gasteiger partial charge in [0.25, 0.3) is 10.0 Å². The number of hydrogen-bond donors (Lipinski definition) is 2. The average molecular weight is 483 g/mol. The zero-order chi connectivity index (χ0) is 21.9. The Kier molecular flexibility index (Phi) is 7.02. The van der Waals surface area contributed by atoms with Crippen molar-refractivity contribution >= 4 is 61.6 Å². The van der Waals surface area contributed by atoms with Crippen LogP contribution in [0.4, 0.5) is 10.8 Å². The molecule has 3 aromatic rings. The number of carbonyl (C=O) groups excluding carboxylic acids is 1. The Morgan fingerprint density at radius 1 is 1.20 bits per heavy atom. The maximum absolute atomic E-state index is 12.7. The number of thioether (sulfide) groups is 1. The number of amides is 1. The summed E-state index contributed by atoms with van der Waals surface area (Å²) in [5, 5.41) is 3.19. The zero-order valence-corrected chi connectivity index (χ0v) is 19.5. The van der Waals surface area contributed by atoms with E-state index in [2.05, 4.69) is 19.4 Å². The normalized spacial score (nSPS) is 12.4. The molecule has 2 N–H and O–H groups in total. The molecule has 1 aromatic heterocycles. The highest BCUT2D eigenvalue weighted by Crippen LogP contribution is 2.35. The van der Waals surface area contributed by atoms with Crippen LogP contribution >= 0.6 is 34.9 Å². The Bertz CT molecular complexity index is 1160. The summed E-state index contributed by atoms with van der Waals surface area (Å²) in [6.45, 7) is 5.05. The lowest BCUT2D eigenvalue weighted by Crippen LogP contribution is -2.14. The van der Waals surface area contributed by atoms with E-state index >= 15 is 0 Å². The number of nitrogens with one attached hydrogen (secondary N) is 2. The molecule has 0 radical (unpaired) electrons. The third-order valence-corrected chi connectivity index (χ3v) is 7.80. The Morgan fingerprint density at radius 3 is 2.57 bits per heavy atom. The van der Waals surface area contributed by atoms with E-state index in [0.29, 0.717) is 16.4 Å². The molecule has 7 nitrogen and oxygen atoms in total. The van der Waals surface area contributed by atoms with Crippen molar-refractivity contribution in [3.05, 3.63) is 58.9 Å². The molecule has 0 saturated carbocycles. The van der Waals surface area contributed by atoms with E-state index in [1.165, 1.54) is 24.8 Å². The van der Waals surface area contributed by atoms with Crippen molar-refractivity contribution in [3.63, 3.8) is 0 Å². The van der Waals surface area contributed by atoms with E-state index in [-0.39, 0.29) is 21.2 Å². The van der Waals surface area contributed by atoms with Crippen molar-refractivity contribution in [3.8, 4) is 0 Å². The molecule has 2 aromatic carbocycles. The highest BCUT2D eigenvalue weighted by molar-refractivity contribution is 7.99. The Labute approximate surface area is 188 Å². The second kappa shape index (κ2) is 9.34. The van der Waals surface area contributed by atoms with Gasteiger partial charge in [0.05, 0.1) is 10.1 Å². The Hall–Kier alpha value is -2.14. The van der Waals surface area contributed by atoms with Crippen LogP contribution in [0.1, 0.15) is 30.5 Å². The fourth-order valence-electron chi connectivity index (χ4n) is 2.57. The van der Waals surface area contributed by atoms with E-state index in [9.17, 15) is 13.2 Å². The predicted octanol–water partition coefficient (Wildman–Crippen LogP) is 5.11. The third kappa shape index (κ3) is 5.51. The minimum absolute atomic E-state index is 0.0981. The van der Waals surface area contributed by atoms with E-state index in [0.717, 1.165) is 22.1 Å². The van der Waals surface area contributed by atoms with Gasteiger partial charge < -0.3 is 5.32 Å². The van der Waals surface area contributed by atoms with E-state index in [1.807, 2.05) is 31.2 Å². The fraction of sp³-hybridized carbons (Fsp3) is 0.211. The van der Waals surface area contributed by atoms with Crippen LogP contribution in [0.25, 0.3) is 0 Å². The molecule has 0 unspecified atom stereocenters. The number of nitrogens with zero attached hydrogens (tertiary/aromatic N) is 2. The van der Waals surface area contributed by atoms with Gasteiger partial charge in [0.1, 0.15) is 0 Å². The summed E-state index contributed by atoms with van der Waals surface area (Å²) < 4.78 is 32.1. The van der Waals surface area contributed by atoms with Crippen LogP contribution in [-0.4, -0.2) is 23.7 Å². The van der Waals surface area contributed by atoms with Gasteiger partial charge in [-0.25, -0.2) is 13.4 Å². The summed E-state index contributed by atoms with van der Waals surface area (Å²) in [5.74, 6) is 0.398. The molecule has 11 heteroatoms. The number of anilines is 2. The average Bonchev–Trinajstić information content (AvgIpc) is 3.13. The van der Waals surface area contributed by atoms with Gasteiger partial charge in [-0.1, -0.05) is 17.7 Å². The summed E-state index contributed by atoms with van der Waals surface area (Å²) in [7, 11) is -3.82. The Morgan fingerprint density at radius 2 is 1.90 bits per heavy atom. The van der Waals surface area contributed by atoms with Gasteiger partial charge in [-0.3, -0.25) is 9.52 Å². The molecule has 0 aliphatic heterocycles. The van der Waals surface area contributed by atoms with Gasteiger partial charge in [-0.2, -0.15) is 4.37 Å². The van der Waals surface area contributed by atoms with Gasteiger partial charge in [0.2, 0.25) is 11.0 Å². The SMILES string of the molecule is CC(=O)Nc1ccc(S[C@H](C)c2nsc(NS(=O)(=O)c3cccc(Cl)c3C)n2)cc1. The lowest BCUT2D eigenvalue weighted by atomic mass is 10.2. The number of sulfonamides is 1. The van der Waals surface area contributed by atoms with E-state index in [1.54, 1.807) is 19.1 Å². The molecular weight excluding hydrogens is 464 g/mol. The largest absolute Gasteiger partial charge is 0.326 e. The standard InChI is InChI=1S/C19H19ClN4O3S3/c1-11-16(20)5-4-6-17(11)30(26,27)24-19-22-18(23-29-19)12(2)28-15-9-7-14(8-10-15)21-13(3)25/h4-10,12H,1-3H3,(H,21,25)(H,22,23,24)/t12-/m1/s1. The molecule has 0 fully saturated rings. The maximum Gasteiger partial charge on any atom is 0.264 e. The number of benzene rings is 2. The van der Waals surface area contributed by atoms with Gasteiger partial charge in [-0.05, 0) is 55.8 Å². The summed E-state index contributed by atoms with van der Waals surface area (Å²) in [6, 6.07) is 12.1. The van der Waals surface area contributed by atoms with Crippen molar-refractivity contribution in [1.82, 2.24) is 9.36 Å². The van der Waals surface area contributed by atoms with Gasteiger partial charge in [-0.15, -0.1) is 11.8 Å². The first kappa shape index (κ1) is 22.5. The van der Waals surface area contributed by atoms with Crippen molar-refractivity contribution in [2.45, 2.75) is 35.8 Å². The van der Waals surface area contributed by atoms with Crippen molar-refractivity contribution in [2.24, 2.45) is 0 Å². The molecule has 0 aliphatic rings. The quantitative estimate of drug-likeness (QED) is 0.453. The van der Waals surface area contributed by atoms with Crippen LogP contribution in [0, 0.1) is 6.92 Å². The number of aromatic nitrogens is 2. The van der Waals surface area contributed by atoms with E-state index < -0.39 is 10.0 Å². The van der Waals surface area contributed by atoms with Crippen molar-refractivity contribution < 1.29 is 13.2 Å². The molecule has 1 amide bonds. The first-order chi connectivity index (χ1) is 14.2. The number of carbonyl (C=O) groups is 1. The predicted molar refractivity (Wildman–Crippen MR) is 122 cm³/mol. The lowest BCUT2D eigenvalue weighted by Gasteiger charge is -2.09. The van der Waals surface area contributed by atoms with Gasteiger partial charge >= 0.3 is 0 Å². The van der Waals surface area contributed by atoms with Gasteiger partial charge in [0.15, 0.2) is 5.82 Å². The summed E-state index contributed by atoms with van der Waals surface area (Å²) in [6.07, 6.45) is 0. The molecule has 0 saturated heterocycles. The molecular formula is C19H19ClN4O3S3. The molecule has 1 heterocycles. The monoisotopic (exact) mass is 482 g/mol. The summed E-state index contributed by atoms with van der Waals surface area (Å²) >= 11 is 8.55. The van der Waals surface area contributed by atoms with Crippen LogP contribution in [0.15, 0.2) is 52.3 Å². The summed E-state index contributed by atoms with van der Waals surface area (Å²) in [4.78, 5) is 16.5. The molecule has 0 spiro atoms. The second-order valence-corrected chi connectivity index (χ2v) is 10.6. The maximum atomic E-state index is 12.7. The highest BCUT2D eigenvalue weighted by atomic mass is 35.5. The minimum Gasteiger partial charge on any atom is -0.326 e. The molecule has 0 bridgehead atoms. The van der Waals surface area contributed by atoms with Crippen molar-refractivity contribution in [2.75, 3.05) is 10.0 Å². The van der Waals surface area contributed by atoms with Crippen molar-refractivity contribution in [1.29, 1.82) is 0 Å². The van der Waals surface area contributed by atoms with Crippen LogP contribution in [-0.2, 0) is 14.8 Å². The van der Waals surface area contributed by atoms with Gasteiger partial charge in [0, 0.05) is 34.1 Å². The van der Waals surface area contributed by atoms with E-state index in [4.69, 9.17) is 11.6 Å². The number of rotatable bonds is 7. The molecule has 30 heavy (non-hydrogen) atoms. The van der Waals surface area contributed by atoms with Crippen LogP contribution in [0.2, 0.25) is 5.02 Å². The summed E-state index contributed by atoms with van der Waals surface area (Å²) in [5.41, 5.74) is 1.20. The Balaban J connectivity index is 1.69. The first-order valence-electron chi connectivity index (χ1n) is 8.81. The molecule has 1 atom stereocenters. The second-order valence-electron chi connectivity index (χ2n) is 6.39. The highest BCUT2D eigenvalue weighted by Gasteiger charge is 2.21.